The Hall–Kier alpha value is -1.69. The molecule has 0 N–H and O–H groups in total. The second-order valence-electron chi connectivity index (χ2n) is 4.13. The van der Waals surface area contributed by atoms with Crippen molar-refractivity contribution < 1.29 is 8.81 Å². The summed E-state index contributed by atoms with van der Waals surface area (Å²) in [6.07, 6.45) is 0. The van der Waals surface area contributed by atoms with Crippen LogP contribution in [0.4, 0.5) is 4.39 Å². The van der Waals surface area contributed by atoms with Gasteiger partial charge in [-0.1, -0.05) is 41.4 Å². The highest BCUT2D eigenvalue weighted by Crippen LogP contribution is 2.30. The first-order valence-electron chi connectivity index (χ1n) is 5.87. The van der Waals surface area contributed by atoms with E-state index in [1.807, 2.05) is 0 Å². The average Bonchev–Trinajstić information content (AvgIpc) is 2.81. The summed E-state index contributed by atoms with van der Waals surface area (Å²) in [5.74, 6) is -0.534. The Kier molecular flexibility index (Phi) is 3.80. The summed E-state index contributed by atoms with van der Waals surface area (Å²) < 4.78 is 20.6. The molecule has 0 spiro atoms. The fourth-order valence-corrected chi connectivity index (χ4v) is 2.53. The summed E-state index contributed by atoms with van der Waals surface area (Å²) in [7, 11) is 0. The van der Waals surface area contributed by atoms with Gasteiger partial charge in [-0.25, -0.2) is 4.39 Å². The zero-order chi connectivity index (χ0) is 15.0. The van der Waals surface area contributed by atoms with Crippen molar-refractivity contribution in [2.24, 2.45) is 0 Å². The van der Waals surface area contributed by atoms with Crippen LogP contribution in [0, 0.1) is 10.7 Å². The van der Waals surface area contributed by atoms with Gasteiger partial charge in [0.05, 0.1) is 21.3 Å². The summed E-state index contributed by atoms with van der Waals surface area (Å²) in [4.78, 5) is 0.0532. The Morgan fingerprint density at radius 3 is 2.48 bits per heavy atom. The first-order chi connectivity index (χ1) is 10.1. The van der Waals surface area contributed by atoms with E-state index < -0.39 is 5.82 Å². The maximum Gasteiger partial charge on any atom is 0.292 e. The van der Waals surface area contributed by atoms with E-state index in [2.05, 4.69) is 5.10 Å². The molecule has 3 rings (SSSR count). The summed E-state index contributed by atoms with van der Waals surface area (Å²) >= 11 is 17.2. The van der Waals surface area contributed by atoms with Crippen molar-refractivity contribution in [3.8, 4) is 17.1 Å². The summed E-state index contributed by atoms with van der Waals surface area (Å²) in [6, 6.07) is 11.3. The Labute approximate surface area is 134 Å². The molecule has 0 radical (unpaired) electrons. The highest BCUT2D eigenvalue weighted by Gasteiger charge is 2.17. The molecule has 2 aromatic carbocycles. The third kappa shape index (κ3) is 2.60. The van der Waals surface area contributed by atoms with Gasteiger partial charge in [-0.05, 0) is 36.5 Å². The fourth-order valence-electron chi connectivity index (χ4n) is 1.86. The topological polar surface area (TPSA) is 31.0 Å². The number of para-hydroxylation sites is 1. The lowest BCUT2D eigenvalue weighted by molar-refractivity contribution is 0.537. The largest absolute Gasteiger partial charge is 0.409 e. The molecular formula is C14H7Cl2FN2OS. The zero-order valence-corrected chi connectivity index (χ0v) is 12.7. The first-order valence-corrected chi connectivity index (χ1v) is 7.04. The van der Waals surface area contributed by atoms with Gasteiger partial charge in [-0.3, -0.25) is 0 Å². The lowest BCUT2D eigenvalue weighted by Gasteiger charge is -2.02. The Morgan fingerprint density at radius 2 is 1.76 bits per heavy atom. The fraction of sp³-hybridized carbons (Fsp3) is 0. The molecule has 1 aromatic heterocycles. The molecule has 0 saturated heterocycles. The predicted octanol–water partition coefficient (Wildman–Crippen LogP) is 5.31. The summed E-state index contributed by atoms with van der Waals surface area (Å²) in [5.41, 5.74) is 0.614. The molecule has 0 aliphatic heterocycles. The third-order valence-electron chi connectivity index (χ3n) is 2.81. The number of aromatic nitrogens is 2. The molecule has 0 fully saturated rings. The third-order valence-corrected chi connectivity index (χ3v) is 3.70. The van der Waals surface area contributed by atoms with E-state index in [9.17, 15) is 4.39 Å². The molecular weight excluding hydrogens is 334 g/mol. The molecule has 0 amide bonds. The number of rotatable bonds is 2. The van der Waals surface area contributed by atoms with Crippen LogP contribution >= 0.6 is 35.4 Å². The van der Waals surface area contributed by atoms with Gasteiger partial charge in [0.2, 0.25) is 0 Å². The SMILES string of the molecule is Fc1cccc(Cl)c1-c1nn(-c2ccccc2Cl)c(=S)o1. The van der Waals surface area contributed by atoms with Crippen LogP contribution in [0.3, 0.4) is 0 Å². The van der Waals surface area contributed by atoms with Gasteiger partial charge < -0.3 is 4.42 Å². The van der Waals surface area contributed by atoms with E-state index in [1.54, 1.807) is 30.3 Å². The lowest BCUT2D eigenvalue weighted by atomic mass is 10.2. The van der Waals surface area contributed by atoms with Crippen molar-refractivity contribution in [2.45, 2.75) is 0 Å². The van der Waals surface area contributed by atoms with Gasteiger partial charge in [0.25, 0.3) is 10.7 Å². The van der Waals surface area contributed by atoms with Gasteiger partial charge in [-0.2, -0.15) is 4.68 Å². The minimum Gasteiger partial charge on any atom is -0.409 e. The summed E-state index contributed by atoms with van der Waals surface area (Å²) in [6.45, 7) is 0. The van der Waals surface area contributed by atoms with E-state index in [0.29, 0.717) is 10.7 Å². The van der Waals surface area contributed by atoms with Gasteiger partial charge in [0.1, 0.15) is 5.82 Å². The number of halogens is 3. The molecule has 0 aliphatic rings. The van der Waals surface area contributed by atoms with Crippen molar-refractivity contribution in [1.82, 2.24) is 9.78 Å². The van der Waals surface area contributed by atoms with Crippen molar-refractivity contribution in [3.05, 3.63) is 63.2 Å². The predicted molar refractivity (Wildman–Crippen MR) is 82.1 cm³/mol. The number of nitrogens with zero attached hydrogens (tertiary/aromatic N) is 2. The van der Waals surface area contributed by atoms with E-state index in [-0.39, 0.29) is 21.3 Å². The van der Waals surface area contributed by atoms with E-state index >= 15 is 0 Å². The van der Waals surface area contributed by atoms with Crippen LogP contribution in [-0.2, 0) is 0 Å². The molecule has 7 heteroatoms. The Balaban J connectivity index is 2.20. The van der Waals surface area contributed by atoms with Crippen LogP contribution in [0.15, 0.2) is 46.9 Å². The molecule has 0 unspecified atom stereocenters. The monoisotopic (exact) mass is 340 g/mol. The average molecular weight is 341 g/mol. The van der Waals surface area contributed by atoms with Crippen molar-refractivity contribution in [3.63, 3.8) is 0 Å². The Morgan fingerprint density at radius 1 is 1.05 bits per heavy atom. The minimum atomic E-state index is -0.537. The van der Waals surface area contributed by atoms with Crippen molar-refractivity contribution >= 4 is 35.4 Å². The molecule has 0 bridgehead atoms. The zero-order valence-electron chi connectivity index (χ0n) is 10.4. The maximum atomic E-state index is 13.9. The van der Waals surface area contributed by atoms with Gasteiger partial charge in [0.15, 0.2) is 0 Å². The van der Waals surface area contributed by atoms with Crippen molar-refractivity contribution in [1.29, 1.82) is 0 Å². The normalized spacial score (nSPS) is 10.8. The van der Waals surface area contributed by atoms with Crippen LogP contribution in [0.5, 0.6) is 0 Å². The van der Waals surface area contributed by atoms with E-state index in [0.717, 1.165) is 0 Å². The van der Waals surface area contributed by atoms with E-state index in [1.165, 1.54) is 16.8 Å². The van der Waals surface area contributed by atoms with Gasteiger partial charge in [-0.15, -0.1) is 5.10 Å². The quantitative estimate of drug-likeness (QED) is 0.592. The maximum absolute atomic E-state index is 13.9. The smallest absolute Gasteiger partial charge is 0.292 e. The molecule has 3 aromatic rings. The van der Waals surface area contributed by atoms with Gasteiger partial charge in [0, 0.05) is 0 Å². The lowest BCUT2D eigenvalue weighted by Crippen LogP contribution is -1.97. The molecule has 21 heavy (non-hydrogen) atoms. The highest BCUT2D eigenvalue weighted by molar-refractivity contribution is 7.71. The van der Waals surface area contributed by atoms with Crippen LogP contribution in [0.1, 0.15) is 0 Å². The second kappa shape index (κ2) is 5.60. The molecule has 1 heterocycles. The van der Waals surface area contributed by atoms with Crippen LogP contribution < -0.4 is 0 Å². The van der Waals surface area contributed by atoms with Crippen LogP contribution in [0.25, 0.3) is 17.1 Å². The number of hydrogen-bond donors (Lipinski definition) is 0. The Bertz CT molecular complexity index is 855. The second-order valence-corrected chi connectivity index (χ2v) is 5.30. The standard InChI is InChI=1S/C14H7Cl2FN2OS/c15-8-4-1-2-7-11(8)19-14(21)20-13(18-19)12-9(16)5-3-6-10(12)17/h1-7H. The molecule has 0 atom stereocenters. The van der Waals surface area contributed by atoms with E-state index in [4.69, 9.17) is 39.8 Å². The molecule has 0 saturated carbocycles. The van der Waals surface area contributed by atoms with Crippen molar-refractivity contribution in [2.75, 3.05) is 0 Å². The summed E-state index contributed by atoms with van der Waals surface area (Å²) in [5, 5.41) is 4.81. The first kappa shape index (κ1) is 14.3. The molecule has 0 aliphatic carbocycles. The highest BCUT2D eigenvalue weighted by atomic mass is 35.5. The minimum absolute atomic E-state index is 0.00280. The molecule has 106 valence electrons. The van der Waals surface area contributed by atoms with Gasteiger partial charge >= 0.3 is 0 Å². The van der Waals surface area contributed by atoms with Crippen LogP contribution in [0.2, 0.25) is 10.0 Å². The number of benzene rings is 2. The molecule has 3 nitrogen and oxygen atoms in total. The number of hydrogen-bond acceptors (Lipinski definition) is 3. The van der Waals surface area contributed by atoms with Crippen LogP contribution in [-0.4, -0.2) is 9.78 Å².